The summed E-state index contributed by atoms with van der Waals surface area (Å²) in [4.78, 5) is 0. The summed E-state index contributed by atoms with van der Waals surface area (Å²) in [5, 5.41) is -0.679. The summed E-state index contributed by atoms with van der Waals surface area (Å²) in [6.45, 7) is 0.876. The molecule has 0 spiro atoms. The molecule has 0 aromatic rings. The van der Waals surface area contributed by atoms with Gasteiger partial charge in [0.25, 0.3) is 0 Å². The van der Waals surface area contributed by atoms with Crippen LogP contribution in [0.25, 0.3) is 0 Å². The fraction of sp³-hybridized carbons (Fsp3) is 0.667. The molecule has 84 valence electrons. The van der Waals surface area contributed by atoms with Crippen molar-refractivity contribution in [3.05, 3.63) is 11.1 Å². The van der Waals surface area contributed by atoms with E-state index in [-0.39, 0.29) is 6.08 Å². The van der Waals surface area contributed by atoms with Gasteiger partial charge in [0.1, 0.15) is 0 Å². The van der Waals surface area contributed by atoms with E-state index < -0.39 is 22.9 Å². The largest absolute Gasteiger partial charge is 0.419 e. The van der Waals surface area contributed by atoms with E-state index in [1.54, 1.807) is 0 Å². The Hall–Kier alpha value is -0.430. The fourth-order valence-corrected chi connectivity index (χ4v) is 0.810. The quantitative estimate of drug-likeness (QED) is 0.702. The molecule has 0 rings (SSSR count). The predicted octanol–water partition coefficient (Wildman–Crippen LogP) is 2.95. The number of allylic oxidation sites excluding steroid dienone is 1. The van der Waals surface area contributed by atoms with E-state index in [2.05, 4.69) is 5.73 Å². The summed E-state index contributed by atoms with van der Waals surface area (Å²) in [7, 11) is 0. The van der Waals surface area contributed by atoms with E-state index in [1.807, 2.05) is 0 Å². The normalized spacial score (nSPS) is 15.9. The molecule has 0 aromatic carbocycles. The number of alkyl halides is 6. The summed E-state index contributed by atoms with van der Waals surface area (Å²) in [5.41, 5.74) is -0.155. The zero-order valence-corrected chi connectivity index (χ0v) is 7.56. The molecule has 0 bridgehead atoms. The predicted molar refractivity (Wildman–Crippen MR) is 38.6 cm³/mol. The highest BCUT2D eigenvalue weighted by molar-refractivity contribution is 6.29. The van der Waals surface area contributed by atoms with Crippen LogP contribution in [0, 0.1) is 0 Å². The first-order valence-electron chi connectivity index (χ1n) is 3.19. The summed E-state index contributed by atoms with van der Waals surface area (Å²) < 4.78 is 72.1. The van der Waals surface area contributed by atoms with Crippen molar-refractivity contribution in [1.29, 1.82) is 0 Å². The van der Waals surface area contributed by atoms with E-state index in [9.17, 15) is 26.3 Å². The Morgan fingerprint density at radius 3 is 1.43 bits per heavy atom. The van der Waals surface area contributed by atoms with Crippen LogP contribution in [-0.4, -0.2) is 17.9 Å². The Kier molecular flexibility index (Phi) is 3.51. The Labute approximate surface area is 80.5 Å². The highest BCUT2D eigenvalue weighted by atomic mass is 35.5. The van der Waals surface area contributed by atoms with Gasteiger partial charge in [0, 0.05) is 5.03 Å². The lowest BCUT2D eigenvalue weighted by molar-refractivity contribution is -0.279. The molecule has 2 N–H and O–H groups in total. The molecule has 0 aromatic heterocycles. The van der Waals surface area contributed by atoms with Gasteiger partial charge in [0.2, 0.25) is 5.54 Å². The Morgan fingerprint density at radius 1 is 1.07 bits per heavy atom. The fourth-order valence-electron chi connectivity index (χ4n) is 0.638. The van der Waals surface area contributed by atoms with E-state index in [0.29, 0.717) is 0 Å². The molecule has 0 unspecified atom stereocenters. The highest BCUT2D eigenvalue weighted by Crippen LogP contribution is 2.42. The third-order valence-electron chi connectivity index (χ3n) is 1.36. The molecule has 0 aliphatic carbocycles. The lowest BCUT2D eigenvalue weighted by atomic mass is 9.99. The Bertz CT molecular complexity index is 222. The van der Waals surface area contributed by atoms with Gasteiger partial charge in [-0.1, -0.05) is 11.6 Å². The highest BCUT2D eigenvalue weighted by Gasteiger charge is 2.67. The Balaban J connectivity index is 5.41. The van der Waals surface area contributed by atoms with Crippen molar-refractivity contribution in [1.82, 2.24) is 0 Å². The number of hydrogen-bond donors (Lipinski definition) is 1. The van der Waals surface area contributed by atoms with Crippen LogP contribution in [0.4, 0.5) is 26.3 Å². The maximum atomic E-state index is 12.0. The van der Waals surface area contributed by atoms with Gasteiger partial charge in [-0.25, -0.2) is 0 Å². The molecule has 14 heavy (non-hydrogen) atoms. The Morgan fingerprint density at radius 2 is 1.36 bits per heavy atom. The minimum Gasteiger partial charge on any atom is -0.307 e. The van der Waals surface area contributed by atoms with Crippen molar-refractivity contribution in [2.24, 2.45) is 5.73 Å². The second-order valence-electron chi connectivity index (χ2n) is 2.60. The monoisotopic (exact) mass is 241 g/mol. The molecule has 0 saturated carbocycles. The molecule has 0 fully saturated rings. The van der Waals surface area contributed by atoms with E-state index in [4.69, 9.17) is 11.6 Å². The van der Waals surface area contributed by atoms with Crippen LogP contribution in [0.5, 0.6) is 0 Å². The van der Waals surface area contributed by atoms with Crippen LogP contribution in [0.15, 0.2) is 11.1 Å². The number of halogens is 7. The second-order valence-corrected chi connectivity index (χ2v) is 3.19. The molecular formula is C6H6ClF6N. The summed E-state index contributed by atoms with van der Waals surface area (Å²) >= 11 is 4.96. The van der Waals surface area contributed by atoms with Gasteiger partial charge in [0.15, 0.2) is 0 Å². The molecule has 0 aliphatic rings. The average Bonchev–Trinajstić information content (AvgIpc) is 1.79. The van der Waals surface area contributed by atoms with Crippen molar-refractivity contribution in [2.75, 3.05) is 0 Å². The lowest BCUT2D eigenvalue weighted by Crippen LogP contribution is -2.62. The number of nitrogens with two attached hydrogens (primary N) is 1. The van der Waals surface area contributed by atoms with Crippen molar-refractivity contribution >= 4 is 11.6 Å². The van der Waals surface area contributed by atoms with Crippen LogP contribution < -0.4 is 5.73 Å². The van der Waals surface area contributed by atoms with Crippen LogP contribution in [0.2, 0.25) is 0 Å². The summed E-state index contributed by atoms with van der Waals surface area (Å²) in [5.74, 6) is 0. The van der Waals surface area contributed by atoms with Gasteiger partial charge >= 0.3 is 12.4 Å². The number of rotatable bonds is 1. The first-order valence-corrected chi connectivity index (χ1v) is 3.57. The zero-order valence-electron chi connectivity index (χ0n) is 6.80. The van der Waals surface area contributed by atoms with Crippen molar-refractivity contribution in [2.45, 2.75) is 24.8 Å². The van der Waals surface area contributed by atoms with E-state index in [1.165, 1.54) is 0 Å². The van der Waals surface area contributed by atoms with Crippen LogP contribution in [0.1, 0.15) is 6.92 Å². The second kappa shape index (κ2) is 3.62. The summed E-state index contributed by atoms with van der Waals surface area (Å²) in [6, 6.07) is 0. The summed E-state index contributed by atoms with van der Waals surface area (Å²) in [6.07, 6.45) is -11.5. The molecule has 1 nitrogen and oxygen atoms in total. The van der Waals surface area contributed by atoms with E-state index >= 15 is 0 Å². The topological polar surface area (TPSA) is 26.0 Å². The SMILES string of the molecule is C/C(Cl)=C\C(N)(C(F)(F)F)C(F)(F)F. The van der Waals surface area contributed by atoms with Gasteiger partial charge in [-0.15, -0.1) is 0 Å². The minimum atomic E-state index is -5.64. The standard InChI is InChI=1S/C6H6ClF6N/c1-3(7)2-4(14,5(8,9)10)6(11,12)13/h2H,14H2,1H3/b3-2+. The van der Waals surface area contributed by atoms with Crippen LogP contribution >= 0.6 is 11.6 Å². The molecule has 0 aliphatic heterocycles. The van der Waals surface area contributed by atoms with Gasteiger partial charge in [-0.05, 0) is 13.0 Å². The molecule has 0 amide bonds. The van der Waals surface area contributed by atoms with Crippen molar-refractivity contribution < 1.29 is 26.3 Å². The first kappa shape index (κ1) is 13.6. The lowest BCUT2D eigenvalue weighted by Gasteiger charge is -2.30. The molecule has 8 heteroatoms. The van der Waals surface area contributed by atoms with Gasteiger partial charge in [-0.3, -0.25) is 0 Å². The molecule has 0 heterocycles. The third-order valence-corrected chi connectivity index (χ3v) is 1.47. The third kappa shape index (κ3) is 2.54. The molecule has 0 radical (unpaired) electrons. The van der Waals surface area contributed by atoms with E-state index in [0.717, 1.165) is 6.92 Å². The minimum absolute atomic E-state index is 0.269. The maximum Gasteiger partial charge on any atom is 0.419 e. The molecule has 0 atom stereocenters. The molecule has 0 saturated heterocycles. The van der Waals surface area contributed by atoms with Crippen LogP contribution in [0.3, 0.4) is 0 Å². The van der Waals surface area contributed by atoms with Gasteiger partial charge in [0.05, 0.1) is 0 Å². The van der Waals surface area contributed by atoms with Gasteiger partial charge in [-0.2, -0.15) is 26.3 Å². The van der Waals surface area contributed by atoms with Gasteiger partial charge < -0.3 is 5.73 Å². The maximum absolute atomic E-state index is 12.0. The first-order chi connectivity index (χ1) is 5.92. The number of hydrogen-bond acceptors (Lipinski definition) is 1. The smallest absolute Gasteiger partial charge is 0.307 e. The molecular weight excluding hydrogens is 236 g/mol. The van der Waals surface area contributed by atoms with Crippen molar-refractivity contribution in [3.63, 3.8) is 0 Å². The zero-order chi connectivity index (χ0) is 11.8. The van der Waals surface area contributed by atoms with Crippen molar-refractivity contribution in [3.8, 4) is 0 Å². The van der Waals surface area contributed by atoms with Crippen LogP contribution in [-0.2, 0) is 0 Å². The average molecular weight is 242 g/mol.